The summed E-state index contributed by atoms with van der Waals surface area (Å²) in [6, 6.07) is 15.0. The molecule has 1 aliphatic rings. The van der Waals surface area contributed by atoms with E-state index in [2.05, 4.69) is 18.8 Å². The summed E-state index contributed by atoms with van der Waals surface area (Å²) < 4.78 is 10.5. The van der Waals surface area contributed by atoms with Gasteiger partial charge in [0.15, 0.2) is 5.17 Å². The molecule has 0 fully saturated rings. The predicted molar refractivity (Wildman–Crippen MR) is 116 cm³/mol. The summed E-state index contributed by atoms with van der Waals surface area (Å²) in [7, 11) is 3.24. The molecule has 28 heavy (non-hydrogen) atoms. The van der Waals surface area contributed by atoms with E-state index in [1.165, 1.54) is 0 Å². The highest BCUT2D eigenvalue weighted by Gasteiger charge is 2.33. The molecule has 146 valence electrons. The second kappa shape index (κ2) is 8.97. The Morgan fingerprint density at radius 2 is 1.82 bits per heavy atom. The lowest BCUT2D eigenvalue weighted by molar-refractivity contribution is -0.113. The van der Waals surface area contributed by atoms with Gasteiger partial charge in [-0.25, -0.2) is 4.99 Å². The van der Waals surface area contributed by atoms with Crippen LogP contribution in [0.25, 0.3) is 6.08 Å². The molecule has 1 heterocycles. The Morgan fingerprint density at radius 1 is 1.11 bits per heavy atom. The molecule has 0 bridgehead atoms. The quantitative estimate of drug-likeness (QED) is 0.646. The number of aliphatic imine (C=N–C) groups is 1. The van der Waals surface area contributed by atoms with Gasteiger partial charge in [0.1, 0.15) is 17.2 Å². The first-order valence-electron chi connectivity index (χ1n) is 9.15. The Balaban J connectivity index is 1.97. The van der Waals surface area contributed by atoms with Crippen LogP contribution in [0, 0.1) is 0 Å². The largest absolute Gasteiger partial charge is 0.497 e. The number of carbonyl (C=O) groups excluding carboxylic acids is 1. The van der Waals surface area contributed by atoms with Gasteiger partial charge < -0.3 is 9.47 Å². The number of hydrogen-bond donors (Lipinski definition) is 0. The number of carbonyl (C=O) groups is 1. The van der Waals surface area contributed by atoms with Gasteiger partial charge in [-0.1, -0.05) is 43.8 Å². The average molecular weight is 397 g/mol. The summed E-state index contributed by atoms with van der Waals surface area (Å²) in [5.41, 5.74) is 2.06. The zero-order valence-corrected chi connectivity index (χ0v) is 17.3. The number of hydrogen-bond acceptors (Lipinski definition) is 5. The van der Waals surface area contributed by atoms with Gasteiger partial charge in [-0.15, -0.1) is 0 Å². The van der Waals surface area contributed by atoms with Crippen LogP contribution in [0.3, 0.4) is 0 Å². The van der Waals surface area contributed by atoms with Crippen molar-refractivity contribution in [2.45, 2.75) is 25.5 Å². The molecule has 2 aromatic carbocycles. The standard InChI is InChI=1S/C22H24N2O3S/c1-5-15(2)28-22-23-20(13-16-9-11-18(26-3)12-10-16)21(25)24(22)17-7-6-8-19(14-17)27-4/h6-15H,5H2,1-4H3. The van der Waals surface area contributed by atoms with E-state index in [4.69, 9.17) is 9.47 Å². The molecule has 0 saturated carbocycles. The highest BCUT2D eigenvalue weighted by Crippen LogP contribution is 2.33. The van der Waals surface area contributed by atoms with Gasteiger partial charge in [0, 0.05) is 11.3 Å². The van der Waals surface area contributed by atoms with Crippen molar-refractivity contribution in [3.8, 4) is 11.5 Å². The Morgan fingerprint density at radius 3 is 2.46 bits per heavy atom. The van der Waals surface area contributed by atoms with Gasteiger partial charge in [0.25, 0.3) is 5.91 Å². The molecule has 1 aliphatic heterocycles. The number of amidine groups is 1. The van der Waals surface area contributed by atoms with Crippen molar-refractivity contribution in [2.75, 3.05) is 19.1 Å². The third kappa shape index (κ3) is 4.39. The Bertz CT molecular complexity index is 906. The molecule has 2 aromatic rings. The second-order valence-corrected chi connectivity index (χ2v) is 7.78. The third-order valence-corrected chi connectivity index (χ3v) is 5.66. The zero-order valence-electron chi connectivity index (χ0n) is 16.5. The molecule has 5 nitrogen and oxygen atoms in total. The Kier molecular flexibility index (Phi) is 6.41. The van der Waals surface area contributed by atoms with Gasteiger partial charge in [0.2, 0.25) is 0 Å². The SMILES string of the molecule is CCC(C)SC1=NC(=Cc2ccc(OC)cc2)C(=O)N1c1cccc(OC)c1. The number of rotatable bonds is 6. The smallest absolute Gasteiger partial charge is 0.283 e. The molecule has 3 rings (SSSR count). The normalized spacial score (nSPS) is 16.3. The topological polar surface area (TPSA) is 51.1 Å². The Labute approximate surface area is 170 Å². The second-order valence-electron chi connectivity index (χ2n) is 6.38. The first-order valence-corrected chi connectivity index (χ1v) is 10.0. The zero-order chi connectivity index (χ0) is 20.1. The van der Waals surface area contributed by atoms with E-state index in [1.807, 2.05) is 48.5 Å². The lowest BCUT2D eigenvalue weighted by Gasteiger charge is -2.20. The lowest BCUT2D eigenvalue weighted by Crippen LogP contribution is -2.31. The molecule has 6 heteroatoms. The van der Waals surface area contributed by atoms with Crippen LogP contribution in [0.15, 0.2) is 59.2 Å². The van der Waals surface area contributed by atoms with Gasteiger partial charge in [-0.05, 0) is 42.3 Å². The van der Waals surface area contributed by atoms with Crippen molar-refractivity contribution in [1.29, 1.82) is 0 Å². The number of methoxy groups -OCH3 is 2. The summed E-state index contributed by atoms with van der Waals surface area (Å²) in [5, 5.41) is 1.03. The third-order valence-electron chi connectivity index (χ3n) is 4.44. The van der Waals surface area contributed by atoms with Crippen LogP contribution >= 0.6 is 11.8 Å². The maximum atomic E-state index is 13.2. The molecule has 0 N–H and O–H groups in total. The van der Waals surface area contributed by atoms with Crippen molar-refractivity contribution in [1.82, 2.24) is 0 Å². The molecule has 0 radical (unpaired) electrons. The Hall–Kier alpha value is -2.73. The maximum Gasteiger partial charge on any atom is 0.283 e. The van der Waals surface area contributed by atoms with Crippen LogP contribution in [0.5, 0.6) is 11.5 Å². The molecule has 0 aliphatic carbocycles. The van der Waals surface area contributed by atoms with Crippen LogP contribution in [0.4, 0.5) is 5.69 Å². The van der Waals surface area contributed by atoms with Crippen LogP contribution in [0.2, 0.25) is 0 Å². The van der Waals surface area contributed by atoms with E-state index < -0.39 is 0 Å². The van der Waals surface area contributed by atoms with Crippen molar-refractivity contribution in [3.05, 3.63) is 59.8 Å². The van der Waals surface area contributed by atoms with Crippen LogP contribution in [0.1, 0.15) is 25.8 Å². The molecule has 1 amide bonds. The predicted octanol–water partition coefficient (Wildman–Crippen LogP) is 4.98. The van der Waals surface area contributed by atoms with Gasteiger partial charge in [-0.3, -0.25) is 9.69 Å². The van der Waals surface area contributed by atoms with Gasteiger partial charge >= 0.3 is 0 Å². The highest BCUT2D eigenvalue weighted by atomic mass is 32.2. The molecule has 0 spiro atoms. The number of anilines is 1. The molecule has 0 saturated heterocycles. The van der Waals surface area contributed by atoms with Crippen LogP contribution in [-0.2, 0) is 4.79 Å². The fourth-order valence-corrected chi connectivity index (χ4v) is 3.65. The van der Waals surface area contributed by atoms with Gasteiger partial charge in [-0.2, -0.15) is 0 Å². The average Bonchev–Trinajstić information content (AvgIpc) is 3.03. The van der Waals surface area contributed by atoms with Gasteiger partial charge in [0.05, 0.1) is 19.9 Å². The minimum absolute atomic E-state index is 0.144. The number of ether oxygens (including phenoxy) is 2. The highest BCUT2D eigenvalue weighted by molar-refractivity contribution is 8.14. The fraction of sp³-hybridized carbons (Fsp3) is 0.273. The monoisotopic (exact) mass is 396 g/mol. The molecule has 0 aromatic heterocycles. The lowest BCUT2D eigenvalue weighted by atomic mass is 10.2. The van der Waals surface area contributed by atoms with E-state index in [0.717, 1.165) is 23.4 Å². The maximum absolute atomic E-state index is 13.2. The van der Waals surface area contributed by atoms with Crippen molar-refractivity contribution in [3.63, 3.8) is 0 Å². The first kappa shape index (κ1) is 20.0. The summed E-state index contributed by atoms with van der Waals surface area (Å²) in [4.78, 5) is 19.5. The van der Waals surface area contributed by atoms with Crippen molar-refractivity contribution >= 4 is 34.6 Å². The summed E-state index contributed by atoms with van der Waals surface area (Å²) in [6.45, 7) is 4.26. The first-order chi connectivity index (χ1) is 13.5. The molecular weight excluding hydrogens is 372 g/mol. The minimum Gasteiger partial charge on any atom is -0.497 e. The summed E-state index contributed by atoms with van der Waals surface area (Å²) in [6.07, 6.45) is 2.79. The van der Waals surface area contributed by atoms with E-state index in [0.29, 0.717) is 21.9 Å². The number of amides is 1. The molecule has 1 atom stereocenters. The van der Waals surface area contributed by atoms with E-state index in [1.54, 1.807) is 37.0 Å². The number of thioether (sulfide) groups is 1. The summed E-state index contributed by atoms with van der Waals surface area (Å²) >= 11 is 1.60. The van der Waals surface area contributed by atoms with Crippen molar-refractivity contribution in [2.24, 2.45) is 4.99 Å². The van der Waals surface area contributed by atoms with Crippen molar-refractivity contribution < 1.29 is 14.3 Å². The molecular formula is C22H24N2O3S. The van der Waals surface area contributed by atoms with E-state index >= 15 is 0 Å². The van der Waals surface area contributed by atoms with E-state index in [9.17, 15) is 4.79 Å². The molecule has 1 unspecified atom stereocenters. The van der Waals surface area contributed by atoms with Crippen LogP contribution in [-0.4, -0.2) is 30.5 Å². The minimum atomic E-state index is -0.144. The number of benzene rings is 2. The summed E-state index contributed by atoms with van der Waals surface area (Å²) in [5.74, 6) is 1.33. The van der Waals surface area contributed by atoms with E-state index in [-0.39, 0.29) is 5.91 Å². The fourth-order valence-electron chi connectivity index (χ4n) is 2.67. The number of nitrogens with zero attached hydrogens (tertiary/aromatic N) is 2. The van der Waals surface area contributed by atoms with Crippen LogP contribution < -0.4 is 14.4 Å².